The van der Waals surface area contributed by atoms with E-state index in [9.17, 15) is 10.2 Å². The highest BCUT2D eigenvalue weighted by atomic mass is 32.2. The minimum absolute atomic E-state index is 0.158. The summed E-state index contributed by atoms with van der Waals surface area (Å²) < 4.78 is 1.88. The number of nitrogens with two attached hydrogens (primary N) is 1. The van der Waals surface area contributed by atoms with E-state index in [1.54, 1.807) is 24.7 Å². The van der Waals surface area contributed by atoms with Gasteiger partial charge >= 0.3 is 0 Å². The highest BCUT2D eigenvalue weighted by Crippen LogP contribution is 2.31. The first kappa shape index (κ1) is 17.2. The van der Waals surface area contributed by atoms with Crippen LogP contribution in [0.15, 0.2) is 66.0 Å². The highest BCUT2D eigenvalue weighted by molar-refractivity contribution is 7.97. The first-order valence-corrected chi connectivity index (χ1v) is 9.07. The van der Waals surface area contributed by atoms with Crippen molar-refractivity contribution >= 4 is 23.4 Å². The maximum absolute atomic E-state index is 9.76. The Hall–Kier alpha value is -3.23. The molecule has 8 heteroatoms. The summed E-state index contributed by atoms with van der Waals surface area (Å²) in [5.74, 6) is 0.319. The number of aromatic hydroxyl groups is 2. The van der Waals surface area contributed by atoms with Gasteiger partial charge in [-0.1, -0.05) is 12.1 Å². The number of aromatic nitrogens is 3. The van der Waals surface area contributed by atoms with Crippen LogP contribution in [0.2, 0.25) is 0 Å². The van der Waals surface area contributed by atoms with E-state index in [0.717, 1.165) is 21.7 Å². The molecule has 2 aromatic heterocycles. The van der Waals surface area contributed by atoms with Crippen molar-refractivity contribution in [1.29, 1.82) is 0 Å². The number of rotatable bonds is 5. The molecule has 7 nitrogen and oxygen atoms in total. The van der Waals surface area contributed by atoms with Crippen molar-refractivity contribution in [1.82, 2.24) is 14.4 Å². The van der Waals surface area contributed by atoms with Gasteiger partial charge in [-0.3, -0.25) is 9.54 Å². The number of imidazole rings is 1. The molecule has 136 valence electrons. The van der Waals surface area contributed by atoms with Crippen LogP contribution in [-0.4, -0.2) is 24.6 Å². The molecule has 2 heterocycles. The summed E-state index contributed by atoms with van der Waals surface area (Å²) in [6.07, 6.45) is 5.20. The number of fused-ring (bicyclic) bond motifs is 1. The Bertz CT molecular complexity index is 1110. The molecule has 5 N–H and O–H groups in total. The van der Waals surface area contributed by atoms with E-state index in [2.05, 4.69) is 15.3 Å². The molecule has 0 radical (unpaired) electrons. The van der Waals surface area contributed by atoms with Crippen molar-refractivity contribution in [2.24, 2.45) is 5.14 Å². The summed E-state index contributed by atoms with van der Waals surface area (Å²) in [6, 6.07) is 12.6. The third kappa shape index (κ3) is 3.40. The van der Waals surface area contributed by atoms with Gasteiger partial charge in [-0.25, -0.2) is 9.97 Å². The second-order valence-electron chi connectivity index (χ2n) is 5.94. The van der Waals surface area contributed by atoms with Crippen molar-refractivity contribution in [3.05, 3.63) is 66.6 Å². The zero-order chi connectivity index (χ0) is 18.8. The molecule has 4 rings (SSSR count). The second kappa shape index (κ2) is 7.18. The lowest BCUT2D eigenvalue weighted by Gasteiger charge is -2.09. The van der Waals surface area contributed by atoms with Gasteiger partial charge in [-0.05, 0) is 47.8 Å². The quantitative estimate of drug-likeness (QED) is 0.311. The molecule has 0 fully saturated rings. The maximum atomic E-state index is 9.76. The average Bonchev–Trinajstić information content (AvgIpc) is 3.13. The van der Waals surface area contributed by atoms with Crippen molar-refractivity contribution in [2.45, 2.75) is 11.4 Å². The Morgan fingerprint density at radius 1 is 1.07 bits per heavy atom. The first-order valence-electron chi connectivity index (χ1n) is 8.19. The number of phenols is 2. The summed E-state index contributed by atoms with van der Waals surface area (Å²) in [5.41, 5.74) is 3.28. The van der Waals surface area contributed by atoms with Crippen LogP contribution >= 0.6 is 11.9 Å². The Balaban J connectivity index is 1.65. The molecular weight excluding hydrogens is 362 g/mol. The smallest absolute Gasteiger partial charge is 0.180 e. The zero-order valence-corrected chi connectivity index (χ0v) is 15.0. The number of hydrogen-bond acceptors (Lipinski definition) is 7. The van der Waals surface area contributed by atoms with Gasteiger partial charge in [0.2, 0.25) is 0 Å². The summed E-state index contributed by atoms with van der Waals surface area (Å²) in [7, 11) is 0. The van der Waals surface area contributed by atoms with E-state index in [-0.39, 0.29) is 11.5 Å². The molecule has 2 aromatic carbocycles. The van der Waals surface area contributed by atoms with E-state index in [1.807, 2.05) is 28.7 Å². The number of hydrogen-bond donors (Lipinski definition) is 4. The number of nitrogens with zero attached hydrogens (tertiary/aromatic N) is 3. The molecule has 4 aromatic rings. The maximum Gasteiger partial charge on any atom is 0.180 e. The lowest BCUT2D eigenvalue weighted by Crippen LogP contribution is -2.04. The predicted octanol–water partition coefficient (Wildman–Crippen LogP) is 3.39. The predicted molar refractivity (Wildman–Crippen MR) is 106 cm³/mol. The molecule has 27 heavy (non-hydrogen) atoms. The first-order chi connectivity index (χ1) is 13.2. The molecule has 0 aliphatic carbocycles. The van der Waals surface area contributed by atoms with E-state index in [4.69, 9.17) is 5.14 Å². The Labute approximate surface area is 159 Å². The van der Waals surface area contributed by atoms with Gasteiger partial charge < -0.3 is 15.5 Å². The van der Waals surface area contributed by atoms with Crippen molar-refractivity contribution in [2.75, 3.05) is 5.32 Å². The van der Waals surface area contributed by atoms with Gasteiger partial charge in [0.25, 0.3) is 0 Å². The number of nitrogens with one attached hydrogen (secondary N) is 1. The van der Waals surface area contributed by atoms with E-state index in [1.165, 1.54) is 24.1 Å². The lowest BCUT2D eigenvalue weighted by atomic mass is 10.1. The largest absolute Gasteiger partial charge is 0.504 e. The number of benzene rings is 2. The van der Waals surface area contributed by atoms with Gasteiger partial charge in [-0.15, -0.1) is 0 Å². The van der Waals surface area contributed by atoms with Gasteiger partial charge in [0, 0.05) is 29.4 Å². The fourth-order valence-electron chi connectivity index (χ4n) is 2.85. The summed E-state index contributed by atoms with van der Waals surface area (Å²) in [5, 5.41) is 28.2. The van der Waals surface area contributed by atoms with Crippen LogP contribution in [0.4, 0.5) is 5.82 Å². The Kier molecular flexibility index (Phi) is 4.57. The van der Waals surface area contributed by atoms with Gasteiger partial charge in [0.15, 0.2) is 23.0 Å². The molecule has 0 atom stereocenters. The molecule has 0 saturated carbocycles. The van der Waals surface area contributed by atoms with Crippen LogP contribution in [0.25, 0.3) is 16.9 Å². The van der Waals surface area contributed by atoms with Crippen LogP contribution in [0, 0.1) is 0 Å². The average molecular weight is 379 g/mol. The van der Waals surface area contributed by atoms with Crippen LogP contribution in [0.1, 0.15) is 5.56 Å². The highest BCUT2D eigenvalue weighted by Gasteiger charge is 2.12. The van der Waals surface area contributed by atoms with Crippen LogP contribution in [-0.2, 0) is 6.54 Å². The minimum atomic E-state index is -0.174. The van der Waals surface area contributed by atoms with Crippen molar-refractivity contribution in [3.8, 4) is 22.8 Å². The van der Waals surface area contributed by atoms with Crippen molar-refractivity contribution in [3.63, 3.8) is 0 Å². The van der Waals surface area contributed by atoms with Gasteiger partial charge in [-0.2, -0.15) is 0 Å². The summed E-state index contributed by atoms with van der Waals surface area (Å²) >= 11 is 1.21. The molecular formula is C19H17N5O2S. The molecule has 0 unspecified atom stereocenters. The molecule has 0 bridgehead atoms. The van der Waals surface area contributed by atoms with E-state index < -0.39 is 0 Å². The van der Waals surface area contributed by atoms with Gasteiger partial charge in [0.05, 0.1) is 11.9 Å². The SMILES string of the molecule is NSc1cccc(CNc2nccn3c(-c4ccc(O)c(O)c4)cnc23)c1. The third-order valence-corrected chi connectivity index (χ3v) is 4.72. The van der Waals surface area contributed by atoms with Crippen molar-refractivity contribution < 1.29 is 10.2 Å². The van der Waals surface area contributed by atoms with Crippen LogP contribution in [0.5, 0.6) is 11.5 Å². The second-order valence-corrected chi connectivity index (χ2v) is 6.64. The summed E-state index contributed by atoms with van der Waals surface area (Å²) in [4.78, 5) is 9.85. The Morgan fingerprint density at radius 2 is 1.96 bits per heavy atom. The fourth-order valence-corrected chi connectivity index (χ4v) is 3.23. The molecule has 0 spiro atoms. The standard InChI is InChI=1S/C19H17N5O2S/c20-27-14-3-1-2-12(8-14)10-22-18-19-23-11-15(24(19)7-6-21-18)13-4-5-16(25)17(26)9-13/h1-9,11,25-26H,10,20H2,(H,21,22). The molecule has 0 amide bonds. The third-order valence-electron chi connectivity index (χ3n) is 4.19. The number of phenolic OH excluding ortho intramolecular Hbond substituents is 2. The molecule has 0 aliphatic heterocycles. The molecule has 0 saturated heterocycles. The van der Waals surface area contributed by atoms with E-state index in [0.29, 0.717) is 18.0 Å². The fraction of sp³-hybridized carbons (Fsp3) is 0.0526. The van der Waals surface area contributed by atoms with Crippen LogP contribution in [0.3, 0.4) is 0 Å². The molecule has 0 aliphatic rings. The summed E-state index contributed by atoms with van der Waals surface area (Å²) in [6.45, 7) is 0.587. The monoisotopic (exact) mass is 379 g/mol. The number of anilines is 1. The normalized spacial score (nSPS) is 11.0. The zero-order valence-electron chi connectivity index (χ0n) is 14.2. The van der Waals surface area contributed by atoms with E-state index >= 15 is 0 Å². The topological polar surface area (TPSA) is 109 Å². The Morgan fingerprint density at radius 3 is 2.78 bits per heavy atom. The van der Waals surface area contributed by atoms with Crippen LogP contribution < -0.4 is 10.5 Å². The van der Waals surface area contributed by atoms with Gasteiger partial charge in [0.1, 0.15) is 0 Å². The minimum Gasteiger partial charge on any atom is -0.504 e. The lowest BCUT2D eigenvalue weighted by molar-refractivity contribution is 0.404.